The first-order valence-corrected chi connectivity index (χ1v) is 8.88. The molecule has 1 aliphatic rings. The summed E-state index contributed by atoms with van der Waals surface area (Å²) in [5, 5.41) is 3.34. The second-order valence-corrected chi connectivity index (χ2v) is 7.32. The summed E-state index contributed by atoms with van der Waals surface area (Å²) in [5.74, 6) is 0.651. The molecule has 1 saturated heterocycles. The number of hydrogen-bond donors (Lipinski definition) is 1. The Balaban J connectivity index is 2.53. The summed E-state index contributed by atoms with van der Waals surface area (Å²) in [7, 11) is -1.53. The Bertz CT molecular complexity index is 327. The number of nitrogens with one attached hydrogen (secondary N) is 1. The van der Waals surface area contributed by atoms with E-state index < -0.39 is 10.0 Å². The van der Waals surface area contributed by atoms with Gasteiger partial charge in [-0.05, 0) is 44.7 Å². The Hall–Kier alpha value is -0.170. The van der Waals surface area contributed by atoms with Crippen molar-refractivity contribution in [3.8, 4) is 0 Å². The van der Waals surface area contributed by atoms with Crippen LogP contribution in [0, 0.1) is 5.92 Å². The van der Waals surface area contributed by atoms with E-state index in [1.807, 2.05) is 6.92 Å². The highest BCUT2D eigenvalue weighted by Crippen LogP contribution is 2.15. The zero-order valence-corrected chi connectivity index (χ0v) is 13.0. The van der Waals surface area contributed by atoms with Crippen LogP contribution in [0.1, 0.15) is 32.6 Å². The Kier molecular flexibility index (Phi) is 7.90. The maximum absolute atomic E-state index is 12.3. The SMILES string of the molecule is CCCN(CC1CCCNC1)S(=O)(=O)CCCOC. The van der Waals surface area contributed by atoms with Crippen molar-refractivity contribution >= 4 is 10.0 Å². The topological polar surface area (TPSA) is 58.6 Å². The molecule has 1 rings (SSSR count). The smallest absolute Gasteiger partial charge is 0.214 e. The van der Waals surface area contributed by atoms with Gasteiger partial charge in [-0.15, -0.1) is 0 Å². The first-order valence-electron chi connectivity index (χ1n) is 7.27. The highest BCUT2D eigenvalue weighted by Gasteiger charge is 2.25. The second-order valence-electron chi connectivity index (χ2n) is 5.23. The van der Waals surface area contributed by atoms with Gasteiger partial charge in [0.25, 0.3) is 0 Å². The molecule has 0 amide bonds. The van der Waals surface area contributed by atoms with Crippen LogP contribution in [0.5, 0.6) is 0 Å². The van der Waals surface area contributed by atoms with Crippen molar-refractivity contribution in [3.63, 3.8) is 0 Å². The van der Waals surface area contributed by atoms with Crippen LogP contribution >= 0.6 is 0 Å². The molecule has 1 aliphatic heterocycles. The molecule has 6 heteroatoms. The zero-order valence-electron chi connectivity index (χ0n) is 12.2. The quantitative estimate of drug-likeness (QED) is 0.646. The highest BCUT2D eigenvalue weighted by atomic mass is 32.2. The number of rotatable bonds is 9. The molecule has 1 fully saturated rings. The number of ether oxygens (including phenoxy) is 1. The summed E-state index contributed by atoms with van der Waals surface area (Å²) in [4.78, 5) is 0. The summed E-state index contributed by atoms with van der Waals surface area (Å²) in [6.45, 7) is 5.82. The van der Waals surface area contributed by atoms with Crippen LogP contribution in [-0.2, 0) is 14.8 Å². The molecular formula is C13H28N2O3S. The Morgan fingerprint density at radius 1 is 1.42 bits per heavy atom. The van der Waals surface area contributed by atoms with Crippen LogP contribution < -0.4 is 5.32 Å². The van der Waals surface area contributed by atoms with Crippen molar-refractivity contribution in [2.75, 3.05) is 45.6 Å². The van der Waals surface area contributed by atoms with Gasteiger partial charge in [0.2, 0.25) is 10.0 Å². The second kappa shape index (κ2) is 8.89. The molecule has 19 heavy (non-hydrogen) atoms. The maximum Gasteiger partial charge on any atom is 0.214 e. The third kappa shape index (κ3) is 6.21. The Morgan fingerprint density at radius 2 is 2.21 bits per heavy atom. The lowest BCUT2D eigenvalue weighted by atomic mass is 10.00. The van der Waals surface area contributed by atoms with Gasteiger partial charge >= 0.3 is 0 Å². The molecule has 0 saturated carbocycles. The van der Waals surface area contributed by atoms with Crippen molar-refractivity contribution in [1.29, 1.82) is 0 Å². The van der Waals surface area contributed by atoms with Crippen LogP contribution in [0.15, 0.2) is 0 Å². The normalized spacial score (nSPS) is 20.9. The fourth-order valence-electron chi connectivity index (χ4n) is 2.48. The molecule has 5 nitrogen and oxygen atoms in total. The summed E-state index contributed by atoms with van der Waals surface area (Å²) < 4.78 is 31.3. The molecule has 1 N–H and O–H groups in total. The summed E-state index contributed by atoms with van der Waals surface area (Å²) in [6, 6.07) is 0. The van der Waals surface area contributed by atoms with Crippen LogP contribution in [0.25, 0.3) is 0 Å². The average molecular weight is 292 g/mol. The lowest BCUT2D eigenvalue weighted by Gasteiger charge is -2.29. The third-order valence-electron chi connectivity index (χ3n) is 3.48. The summed E-state index contributed by atoms with van der Waals surface area (Å²) >= 11 is 0. The fraction of sp³-hybridized carbons (Fsp3) is 1.00. The molecule has 0 spiro atoms. The number of hydrogen-bond acceptors (Lipinski definition) is 4. The van der Waals surface area contributed by atoms with E-state index in [-0.39, 0.29) is 5.75 Å². The number of methoxy groups -OCH3 is 1. The van der Waals surface area contributed by atoms with E-state index in [0.717, 1.165) is 32.4 Å². The minimum absolute atomic E-state index is 0.195. The number of sulfonamides is 1. The molecular weight excluding hydrogens is 264 g/mol. The van der Waals surface area contributed by atoms with Gasteiger partial charge in [-0.2, -0.15) is 0 Å². The van der Waals surface area contributed by atoms with E-state index in [0.29, 0.717) is 32.0 Å². The Morgan fingerprint density at radius 3 is 2.79 bits per heavy atom. The van der Waals surface area contributed by atoms with Crippen molar-refractivity contribution < 1.29 is 13.2 Å². The number of piperidine rings is 1. The van der Waals surface area contributed by atoms with Crippen molar-refractivity contribution in [3.05, 3.63) is 0 Å². The Labute approximate surface area is 117 Å². The lowest BCUT2D eigenvalue weighted by Crippen LogP contribution is -2.42. The van der Waals surface area contributed by atoms with E-state index in [9.17, 15) is 8.42 Å². The molecule has 114 valence electrons. The van der Waals surface area contributed by atoms with Gasteiger partial charge < -0.3 is 10.1 Å². The first-order chi connectivity index (χ1) is 9.10. The van der Waals surface area contributed by atoms with Gasteiger partial charge in [-0.1, -0.05) is 6.92 Å². The molecule has 1 atom stereocenters. The lowest BCUT2D eigenvalue weighted by molar-refractivity contribution is 0.199. The fourth-order valence-corrected chi connectivity index (χ4v) is 4.12. The van der Waals surface area contributed by atoms with Crippen LogP contribution in [0.3, 0.4) is 0 Å². The number of nitrogens with zero attached hydrogens (tertiary/aromatic N) is 1. The molecule has 0 aromatic carbocycles. The predicted molar refractivity (Wildman–Crippen MR) is 77.7 cm³/mol. The largest absolute Gasteiger partial charge is 0.385 e. The summed E-state index contributed by atoms with van der Waals surface area (Å²) in [5.41, 5.74) is 0. The van der Waals surface area contributed by atoms with Gasteiger partial charge in [-0.25, -0.2) is 12.7 Å². The van der Waals surface area contributed by atoms with Crippen molar-refractivity contribution in [2.45, 2.75) is 32.6 Å². The van der Waals surface area contributed by atoms with Crippen LogP contribution in [0.4, 0.5) is 0 Å². The van der Waals surface area contributed by atoms with Crippen LogP contribution in [-0.4, -0.2) is 58.4 Å². The van der Waals surface area contributed by atoms with Gasteiger partial charge in [0.15, 0.2) is 0 Å². The average Bonchev–Trinajstić information content (AvgIpc) is 2.39. The summed E-state index contributed by atoms with van der Waals surface area (Å²) in [6.07, 6.45) is 3.71. The molecule has 1 heterocycles. The van der Waals surface area contributed by atoms with Gasteiger partial charge in [0, 0.05) is 26.8 Å². The molecule has 1 unspecified atom stereocenters. The van der Waals surface area contributed by atoms with Crippen molar-refractivity contribution in [2.24, 2.45) is 5.92 Å². The molecule has 0 radical (unpaired) electrons. The minimum atomic E-state index is -3.13. The van der Waals surface area contributed by atoms with E-state index in [2.05, 4.69) is 5.32 Å². The molecule has 0 aromatic rings. The van der Waals surface area contributed by atoms with E-state index in [1.54, 1.807) is 11.4 Å². The maximum atomic E-state index is 12.3. The van der Waals surface area contributed by atoms with Crippen molar-refractivity contribution in [1.82, 2.24) is 9.62 Å². The van der Waals surface area contributed by atoms with E-state index >= 15 is 0 Å². The first kappa shape index (κ1) is 16.9. The van der Waals surface area contributed by atoms with E-state index in [4.69, 9.17) is 4.74 Å². The highest BCUT2D eigenvalue weighted by molar-refractivity contribution is 7.89. The predicted octanol–water partition coefficient (Wildman–Crippen LogP) is 1.06. The zero-order chi connectivity index (χ0) is 14.1. The van der Waals surface area contributed by atoms with Gasteiger partial charge in [0.1, 0.15) is 0 Å². The standard InChI is InChI=1S/C13H28N2O3S/c1-3-8-15(12-13-6-4-7-14-11-13)19(16,17)10-5-9-18-2/h13-14H,3-12H2,1-2H3. The molecule has 0 bridgehead atoms. The molecule has 0 aliphatic carbocycles. The van der Waals surface area contributed by atoms with E-state index in [1.165, 1.54) is 0 Å². The monoisotopic (exact) mass is 292 g/mol. The van der Waals surface area contributed by atoms with Gasteiger partial charge in [-0.3, -0.25) is 0 Å². The third-order valence-corrected chi connectivity index (χ3v) is 5.40. The van der Waals surface area contributed by atoms with Crippen LogP contribution in [0.2, 0.25) is 0 Å². The minimum Gasteiger partial charge on any atom is -0.385 e. The van der Waals surface area contributed by atoms with Gasteiger partial charge in [0.05, 0.1) is 5.75 Å². The molecule has 0 aromatic heterocycles.